The molecule has 0 spiro atoms. The Labute approximate surface area is 310 Å². The molecular formula is C41H46N6O6. The van der Waals surface area contributed by atoms with Gasteiger partial charge in [0, 0.05) is 89.0 Å². The number of ether oxygens (including phenoxy) is 2. The summed E-state index contributed by atoms with van der Waals surface area (Å²) in [4.78, 5) is 43.6. The van der Waals surface area contributed by atoms with Gasteiger partial charge in [-0.2, -0.15) is 0 Å². The molecule has 2 aliphatic heterocycles. The average Bonchev–Trinajstić information content (AvgIpc) is 3.19. The van der Waals surface area contributed by atoms with Crippen LogP contribution in [-0.2, 0) is 22.7 Å². The molecule has 0 amide bonds. The summed E-state index contributed by atoms with van der Waals surface area (Å²) in [5.74, 6) is 1.97. The fourth-order valence-corrected chi connectivity index (χ4v) is 6.62. The van der Waals surface area contributed by atoms with Gasteiger partial charge in [-0.05, 0) is 71.8 Å². The Morgan fingerprint density at radius 3 is 1.42 bits per heavy atom. The molecule has 12 nitrogen and oxygen atoms in total. The smallest absolute Gasteiger partial charge is 0.163 e. The van der Waals surface area contributed by atoms with E-state index in [1.54, 1.807) is 36.7 Å². The lowest BCUT2D eigenvalue weighted by Gasteiger charge is -2.35. The highest BCUT2D eigenvalue weighted by Gasteiger charge is 2.22. The Balaban J connectivity index is 1.04. The first-order valence-electron chi connectivity index (χ1n) is 17.8. The lowest BCUT2D eigenvalue weighted by Crippen LogP contribution is -2.46. The van der Waals surface area contributed by atoms with Crippen LogP contribution >= 0.6 is 0 Å². The summed E-state index contributed by atoms with van der Waals surface area (Å²) < 4.78 is 10.9. The number of piperazine rings is 2. The van der Waals surface area contributed by atoms with Crippen LogP contribution in [0.3, 0.4) is 0 Å². The maximum atomic E-state index is 12.8. The van der Waals surface area contributed by atoms with Crippen LogP contribution in [0.15, 0.2) is 85.2 Å². The predicted octanol–water partition coefficient (Wildman–Crippen LogP) is 4.80. The van der Waals surface area contributed by atoms with Gasteiger partial charge in [0.15, 0.2) is 34.6 Å². The number of methoxy groups -OCH3 is 2. The number of aromatic nitrogens is 2. The van der Waals surface area contributed by atoms with Crippen molar-refractivity contribution in [3.05, 3.63) is 107 Å². The van der Waals surface area contributed by atoms with Crippen molar-refractivity contribution < 1.29 is 29.3 Å². The molecule has 4 aromatic rings. The lowest BCUT2D eigenvalue weighted by molar-refractivity contribution is -0.121. The highest BCUT2D eigenvalue weighted by atomic mass is 16.5. The van der Waals surface area contributed by atoms with Crippen LogP contribution in [0.4, 0.5) is 11.6 Å². The van der Waals surface area contributed by atoms with E-state index >= 15 is 0 Å². The zero-order chi connectivity index (χ0) is 37.2. The summed E-state index contributed by atoms with van der Waals surface area (Å²) in [7, 11) is 2.98. The zero-order valence-electron chi connectivity index (χ0n) is 30.2. The van der Waals surface area contributed by atoms with Crippen LogP contribution in [0.5, 0.6) is 23.0 Å². The van der Waals surface area contributed by atoms with Crippen molar-refractivity contribution in [1.82, 2.24) is 19.8 Å². The van der Waals surface area contributed by atoms with Gasteiger partial charge in [-0.15, -0.1) is 0 Å². The first kappa shape index (κ1) is 37.1. The lowest BCUT2D eigenvalue weighted by atomic mass is 10.0. The summed E-state index contributed by atoms with van der Waals surface area (Å²) >= 11 is 0. The molecule has 0 unspecified atom stereocenters. The highest BCUT2D eigenvalue weighted by molar-refractivity contribution is 6.10. The van der Waals surface area contributed by atoms with Gasteiger partial charge >= 0.3 is 0 Å². The number of carbonyl (C=O) groups excluding carboxylic acids is 2. The number of allylic oxidation sites excluding steroid dienone is 2. The Kier molecular flexibility index (Phi) is 12.4. The Hall–Kier alpha value is -5.72. The van der Waals surface area contributed by atoms with Crippen LogP contribution in [0.2, 0.25) is 0 Å². The van der Waals surface area contributed by atoms with E-state index < -0.39 is 0 Å². The number of benzene rings is 2. The Bertz CT molecular complexity index is 1780. The second-order valence-electron chi connectivity index (χ2n) is 13.1. The molecular weight excluding hydrogens is 672 g/mol. The molecule has 0 aliphatic carbocycles. The Morgan fingerprint density at radius 1 is 0.642 bits per heavy atom. The van der Waals surface area contributed by atoms with Crippen LogP contribution < -0.4 is 19.3 Å². The minimum atomic E-state index is -0.354. The summed E-state index contributed by atoms with van der Waals surface area (Å²) in [5, 5.41) is 21.8. The van der Waals surface area contributed by atoms with Crippen molar-refractivity contribution in [2.45, 2.75) is 19.5 Å². The number of phenols is 2. The van der Waals surface area contributed by atoms with Crippen LogP contribution in [0.25, 0.3) is 12.2 Å². The van der Waals surface area contributed by atoms with Gasteiger partial charge in [0.2, 0.25) is 0 Å². The minimum Gasteiger partial charge on any atom is -0.504 e. The third-order valence-corrected chi connectivity index (χ3v) is 9.54. The molecule has 53 heavy (non-hydrogen) atoms. The number of rotatable bonds is 14. The first-order valence-corrected chi connectivity index (χ1v) is 17.8. The minimum absolute atomic E-state index is 0.0700. The van der Waals surface area contributed by atoms with E-state index in [4.69, 9.17) is 9.47 Å². The molecule has 0 bridgehead atoms. The van der Waals surface area contributed by atoms with Gasteiger partial charge in [-0.3, -0.25) is 19.4 Å². The second-order valence-corrected chi connectivity index (χ2v) is 13.1. The number of pyridine rings is 2. The quantitative estimate of drug-likeness (QED) is 0.137. The van der Waals surface area contributed by atoms with E-state index in [9.17, 15) is 19.8 Å². The fraction of sp³-hybridized carbons (Fsp3) is 0.317. The van der Waals surface area contributed by atoms with Crippen molar-refractivity contribution in [1.29, 1.82) is 0 Å². The number of phenolic OH excluding ortho intramolecular Hbond substituents is 2. The van der Waals surface area contributed by atoms with Crippen LogP contribution in [0, 0.1) is 0 Å². The van der Waals surface area contributed by atoms with Crippen molar-refractivity contribution in [2.24, 2.45) is 0 Å². The highest BCUT2D eigenvalue weighted by Crippen LogP contribution is 2.34. The van der Waals surface area contributed by atoms with Gasteiger partial charge in [0.25, 0.3) is 0 Å². The van der Waals surface area contributed by atoms with E-state index in [1.807, 2.05) is 48.5 Å². The number of anilines is 2. The molecule has 276 valence electrons. The maximum absolute atomic E-state index is 12.8. The SMILES string of the molecule is COc1cc(C=CC(=O)CC(=O)C=Cc2cc(CN3CCN(c4ccccn4)CC3)c(O)c(OC)c2)cc(CN2CCN(c3ccccn3)CC2)c1O. The number of hydrogen-bond donors (Lipinski definition) is 2. The normalized spacial score (nSPS) is 15.7. The number of nitrogens with zero attached hydrogens (tertiary/aromatic N) is 6. The van der Waals surface area contributed by atoms with Crippen molar-refractivity contribution in [3.63, 3.8) is 0 Å². The topological polar surface area (TPSA) is 132 Å². The van der Waals surface area contributed by atoms with E-state index in [0.29, 0.717) is 46.8 Å². The standard InChI is InChI=1S/C41H46N6O6/c1-52-36-25-30(23-32(40(36)50)28-44-15-19-46(20-16-44)38-7-3-5-13-42-38)9-11-34(48)27-35(49)12-10-31-24-33(41(51)37(26-31)53-2)29-45-17-21-47(22-18-45)39-8-4-6-14-43-39/h3-14,23-26,50-51H,15-22,27-29H2,1-2H3. The van der Waals surface area contributed by atoms with Gasteiger partial charge in [-0.1, -0.05) is 24.3 Å². The maximum Gasteiger partial charge on any atom is 0.163 e. The van der Waals surface area contributed by atoms with E-state index in [0.717, 1.165) is 64.0 Å². The molecule has 2 fully saturated rings. The van der Waals surface area contributed by atoms with E-state index in [-0.39, 0.29) is 29.5 Å². The number of aromatic hydroxyl groups is 2. The summed E-state index contributed by atoms with van der Waals surface area (Å²) in [6.45, 7) is 7.51. The van der Waals surface area contributed by atoms with Gasteiger partial charge in [-0.25, -0.2) is 9.97 Å². The second kappa shape index (κ2) is 17.7. The molecule has 0 atom stereocenters. The van der Waals surface area contributed by atoms with Crippen LogP contribution in [-0.4, -0.2) is 108 Å². The fourth-order valence-electron chi connectivity index (χ4n) is 6.62. The van der Waals surface area contributed by atoms with E-state index in [2.05, 4.69) is 29.6 Å². The molecule has 2 aromatic heterocycles. The molecule has 6 rings (SSSR count). The predicted molar refractivity (Wildman–Crippen MR) is 205 cm³/mol. The molecule has 2 aromatic carbocycles. The summed E-state index contributed by atoms with van der Waals surface area (Å²) in [6.07, 6.45) is 9.31. The number of carbonyl (C=O) groups is 2. The monoisotopic (exact) mass is 718 g/mol. The largest absolute Gasteiger partial charge is 0.504 e. The molecule has 2 saturated heterocycles. The average molecular weight is 719 g/mol. The molecule has 2 N–H and O–H groups in total. The molecule has 2 aliphatic rings. The number of ketones is 2. The van der Waals surface area contributed by atoms with Crippen LogP contribution in [0.1, 0.15) is 28.7 Å². The molecule has 12 heteroatoms. The van der Waals surface area contributed by atoms with Gasteiger partial charge < -0.3 is 29.5 Å². The van der Waals surface area contributed by atoms with E-state index in [1.165, 1.54) is 26.4 Å². The van der Waals surface area contributed by atoms with Crippen molar-refractivity contribution >= 4 is 35.4 Å². The summed E-state index contributed by atoms with van der Waals surface area (Å²) in [6, 6.07) is 18.8. The molecule has 0 saturated carbocycles. The summed E-state index contributed by atoms with van der Waals surface area (Å²) in [5.41, 5.74) is 2.74. The molecule has 4 heterocycles. The third-order valence-electron chi connectivity index (χ3n) is 9.54. The number of hydrogen-bond acceptors (Lipinski definition) is 12. The van der Waals surface area contributed by atoms with Gasteiger partial charge in [0.1, 0.15) is 11.6 Å². The Morgan fingerprint density at radius 2 is 1.06 bits per heavy atom. The zero-order valence-corrected chi connectivity index (χ0v) is 30.2. The van der Waals surface area contributed by atoms with Crippen molar-refractivity contribution in [3.8, 4) is 23.0 Å². The molecule has 0 radical (unpaired) electrons. The van der Waals surface area contributed by atoms with Crippen molar-refractivity contribution in [2.75, 3.05) is 76.4 Å². The van der Waals surface area contributed by atoms with Gasteiger partial charge in [0.05, 0.1) is 20.6 Å². The first-order chi connectivity index (χ1) is 25.8. The third kappa shape index (κ3) is 9.79.